The van der Waals surface area contributed by atoms with Gasteiger partial charge in [-0.2, -0.15) is 5.26 Å². The van der Waals surface area contributed by atoms with Crippen molar-refractivity contribution in [1.29, 1.82) is 5.26 Å². The predicted molar refractivity (Wildman–Crippen MR) is 66.0 cm³/mol. The molecule has 0 unspecified atom stereocenters. The molecule has 0 saturated heterocycles. The minimum Gasteiger partial charge on any atom is -0.449 e. The van der Waals surface area contributed by atoms with Crippen LogP contribution in [0.1, 0.15) is 17.1 Å². The molecule has 0 aliphatic carbocycles. The number of nitriles is 1. The molecule has 0 aliphatic heterocycles. The summed E-state index contributed by atoms with van der Waals surface area (Å²) in [5.41, 5.74) is 1.24. The van der Waals surface area contributed by atoms with Crippen LogP contribution in [0.3, 0.4) is 0 Å². The maximum absolute atomic E-state index is 8.59. The molecule has 2 rings (SSSR count). The first kappa shape index (κ1) is 11.4. The smallest absolute Gasteiger partial charge is 0.203 e. The van der Waals surface area contributed by atoms with Crippen molar-refractivity contribution in [2.75, 3.05) is 0 Å². The third-order valence-electron chi connectivity index (χ3n) is 2.02. The Morgan fingerprint density at radius 1 is 1.44 bits per heavy atom. The van der Waals surface area contributed by atoms with E-state index in [-0.39, 0.29) is 0 Å². The molecule has 5 heteroatoms. The molecule has 2 aromatic heterocycles. The van der Waals surface area contributed by atoms with E-state index in [0.717, 1.165) is 16.1 Å². The molecule has 2 heterocycles. The van der Waals surface area contributed by atoms with Crippen molar-refractivity contribution >= 4 is 27.3 Å². The standard InChI is InChI=1S/C11H9BrN2OS/c12-11-3-8(7-16-11)5-14-6-10-2-1-9(4-13)15-10/h1-3,7,14H,5-6H2. The number of furan rings is 1. The summed E-state index contributed by atoms with van der Waals surface area (Å²) in [5.74, 6) is 1.14. The first-order valence-corrected chi connectivity index (χ1v) is 6.37. The zero-order chi connectivity index (χ0) is 11.4. The van der Waals surface area contributed by atoms with Crippen molar-refractivity contribution < 1.29 is 4.42 Å². The molecule has 0 atom stereocenters. The van der Waals surface area contributed by atoms with Gasteiger partial charge in [-0.15, -0.1) is 11.3 Å². The van der Waals surface area contributed by atoms with Gasteiger partial charge in [0.1, 0.15) is 11.8 Å². The van der Waals surface area contributed by atoms with Gasteiger partial charge in [0.2, 0.25) is 5.76 Å². The fraction of sp³-hybridized carbons (Fsp3) is 0.182. The second-order valence-electron chi connectivity index (χ2n) is 3.24. The number of nitrogens with one attached hydrogen (secondary N) is 1. The summed E-state index contributed by atoms with van der Waals surface area (Å²) in [4.78, 5) is 0. The molecule has 2 aromatic rings. The molecular formula is C11H9BrN2OS. The maximum Gasteiger partial charge on any atom is 0.203 e. The van der Waals surface area contributed by atoms with E-state index in [0.29, 0.717) is 12.3 Å². The molecule has 16 heavy (non-hydrogen) atoms. The molecule has 0 spiro atoms. The Morgan fingerprint density at radius 2 is 2.31 bits per heavy atom. The first-order valence-electron chi connectivity index (χ1n) is 4.70. The average molecular weight is 297 g/mol. The van der Waals surface area contributed by atoms with Crippen LogP contribution in [-0.2, 0) is 13.1 Å². The van der Waals surface area contributed by atoms with Crippen LogP contribution in [0.15, 0.2) is 31.8 Å². The summed E-state index contributed by atoms with van der Waals surface area (Å²) in [6.45, 7) is 1.43. The zero-order valence-corrected chi connectivity index (χ0v) is 10.8. The summed E-state index contributed by atoms with van der Waals surface area (Å²) in [7, 11) is 0. The highest BCUT2D eigenvalue weighted by molar-refractivity contribution is 9.11. The largest absolute Gasteiger partial charge is 0.449 e. The van der Waals surface area contributed by atoms with E-state index in [2.05, 4.69) is 32.7 Å². The molecule has 0 bridgehead atoms. The molecule has 0 aliphatic rings. The summed E-state index contributed by atoms with van der Waals surface area (Å²) < 4.78 is 6.38. The Kier molecular flexibility index (Phi) is 3.78. The highest BCUT2D eigenvalue weighted by Gasteiger charge is 2.01. The van der Waals surface area contributed by atoms with E-state index in [1.807, 2.05) is 12.1 Å². The van der Waals surface area contributed by atoms with Gasteiger partial charge in [-0.3, -0.25) is 0 Å². The average Bonchev–Trinajstić information content (AvgIpc) is 2.88. The third-order valence-corrected chi connectivity index (χ3v) is 3.58. The Morgan fingerprint density at radius 3 is 2.94 bits per heavy atom. The van der Waals surface area contributed by atoms with Gasteiger partial charge in [0.05, 0.1) is 10.3 Å². The molecule has 0 amide bonds. The fourth-order valence-electron chi connectivity index (χ4n) is 1.30. The van der Waals surface area contributed by atoms with Gasteiger partial charge >= 0.3 is 0 Å². The van der Waals surface area contributed by atoms with Gasteiger partial charge in [0, 0.05) is 6.54 Å². The van der Waals surface area contributed by atoms with E-state index in [1.54, 1.807) is 17.4 Å². The second-order valence-corrected chi connectivity index (χ2v) is 5.53. The number of rotatable bonds is 4. The monoisotopic (exact) mass is 296 g/mol. The van der Waals surface area contributed by atoms with Crippen LogP contribution in [0, 0.1) is 11.3 Å². The van der Waals surface area contributed by atoms with Crippen LogP contribution in [0.25, 0.3) is 0 Å². The van der Waals surface area contributed by atoms with E-state index < -0.39 is 0 Å². The van der Waals surface area contributed by atoms with Crippen LogP contribution in [0.5, 0.6) is 0 Å². The number of halogens is 1. The first-order chi connectivity index (χ1) is 7.78. The maximum atomic E-state index is 8.59. The SMILES string of the molecule is N#Cc1ccc(CNCc2csc(Br)c2)o1. The highest BCUT2D eigenvalue weighted by atomic mass is 79.9. The van der Waals surface area contributed by atoms with Crippen molar-refractivity contribution in [3.05, 3.63) is 44.4 Å². The van der Waals surface area contributed by atoms with Crippen LogP contribution < -0.4 is 5.32 Å². The Balaban J connectivity index is 1.82. The lowest BCUT2D eigenvalue weighted by atomic mass is 10.3. The summed E-state index contributed by atoms with van der Waals surface area (Å²) in [5, 5.41) is 13.9. The zero-order valence-electron chi connectivity index (χ0n) is 8.37. The van der Waals surface area contributed by atoms with Crippen molar-refractivity contribution in [3.8, 4) is 6.07 Å². The van der Waals surface area contributed by atoms with Crippen molar-refractivity contribution in [3.63, 3.8) is 0 Å². The predicted octanol–water partition coefficient (Wildman–Crippen LogP) is 3.27. The normalized spacial score (nSPS) is 10.2. The molecule has 0 fully saturated rings. The molecule has 1 N–H and O–H groups in total. The Bertz CT molecular complexity index is 512. The lowest BCUT2D eigenvalue weighted by Crippen LogP contribution is -2.11. The van der Waals surface area contributed by atoms with E-state index in [9.17, 15) is 0 Å². The van der Waals surface area contributed by atoms with Crippen molar-refractivity contribution in [2.24, 2.45) is 0 Å². The lowest BCUT2D eigenvalue weighted by molar-refractivity contribution is 0.474. The quantitative estimate of drug-likeness (QED) is 0.942. The van der Waals surface area contributed by atoms with E-state index in [4.69, 9.17) is 9.68 Å². The van der Waals surface area contributed by atoms with Gasteiger partial charge in [-0.05, 0) is 45.1 Å². The topological polar surface area (TPSA) is 49.0 Å². The van der Waals surface area contributed by atoms with Gasteiger partial charge < -0.3 is 9.73 Å². The Labute approximate surface area is 106 Å². The summed E-state index contributed by atoms with van der Waals surface area (Å²) in [6, 6.07) is 7.54. The van der Waals surface area contributed by atoms with Crippen molar-refractivity contribution in [2.45, 2.75) is 13.1 Å². The van der Waals surface area contributed by atoms with E-state index in [1.165, 1.54) is 5.56 Å². The van der Waals surface area contributed by atoms with Gasteiger partial charge in [0.15, 0.2) is 0 Å². The number of thiophene rings is 1. The van der Waals surface area contributed by atoms with E-state index >= 15 is 0 Å². The number of nitrogens with zero attached hydrogens (tertiary/aromatic N) is 1. The van der Waals surface area contributed by atoms with Crippen LogP contribution in [0.2, 0.25) is 0 Å². The van der Waals surface area contributed by atoms with Crippen LogP contribution in [0.4, 0.5) is 0 Å². The highest BCUT2D eigenvalue weighted by Crippen LogP contribution is 2.20. The third kappa shape index (κ3) is 2.95. The molecule has 3 nitrogen and oxygen atoms in total. The Hall–Kier alpha value is -1.09. The molecule has 0 aromatic carbocycles. The van der Waals surface area contributed by atoms with Gasteiger partial charge in [-0.25, -0.2) is 0 Å². The minimum absolute atomic E-state index is 0.357. The molecular weight excluding hydrogens is 288 g/mol. The summed E-state index contributed by atoms with van der Waals surface area (Å²) in [6.07, 6.45) is 0. The molecule has 0 saturated carbocycles. The molecule has 0 radical (unpaired) electrons. The lowest BCUT2D eigenvalue weighted by Gasteiger charge is -1.99. The van der Waals surface area contributed by atoms with Crippen LogP contribution in [-0.4, -0.2) is 0 Å². The molecule has 82 valence electrons. The van der Waals surface area contributed by atoms with Crippen LogP contribution >= 0.6 is 27.3 Å². The number of hydrogen-bond acceptors (Lipinski definition) is 4. The number of hydrogen-bond donors (Lipinski definition) is 1. The second kappa shape index (κ2) is 5.30. The summed E-state index contributed by atoms with van der Waals surface area (Å²) >= 11 is 5.09. The van der Waals surface area contributed by atoms with Gasteiger partial charge in [-0.1, -0.05) is 0 Å². The van der Waals surface area contributed by atoms with Crippen molar-refractivity contribution in [1.82, 2.24) is 5.32 Å². The fourth-order valence-corrected chi connectivity index (χ4v) is 2.51. The minimum atomic E-state index is 0.357. The van der Waals surface area contributed by atoms with Gasteiger partial charge in [0.25, 0.3) is 0 Å².